The molecule has 15 heavy (non-hydrogen) atoms. The van der Waals surface area contributed by atoms with E-state index in [1.807, 2.05) is 0 Å². The Hall–Kier alpha value is -1.74. The molecule has 0 saturated carbocycles. The molecule has 0 atom stereocenters. The Morgan fingerprint density at radius 2 is 1.13 bits per heavy atom. The zero-order valence-electron chi connectivity index (χ0n) is 7.05. The average Bonchev–Trinajstić information content (AvgIpc) is 1.50. The van der Waals surface area contributed by atoms with Gasteiger partial charge in [0.05, 0.1) is 0 Å². The molecule has 0 rings (SSSR count). The van der Waals surface area contributed by atoms with Crippen LogP contribution in [-0.4, -0.2) is 44.2 Å². The van der Waals surface area contributed by atoms with Crippen molar-refractivity contribution in [1.82, 2.24) is 12.3 Å². The molecule has 0 fully saturated rings. The molecule has 0 spiro atoms. The minimum absolute atomic E-state index is 0. The largest absolute Gasteiger partial charge is 0.503 e. The second-order valence-electron chi connectivity index (χ2n) is 0.968. The van der Waals surface area contributed by atoms with E-state index in [0.29, 0.717) is 0 Å². The van der Waals surface area contributed by atoms with Crippen molar-refractivity contribution in [3.8, 4) is 0 Å². The van der Waals surface area contributed by atoms with E-state index in [1.165, 1.54) is 0 Å². The molecule has 0 aromatic rings. The first-order valence-electron chi connectivity index (χ1n) is 1.91. The summed E-state index contributed by atoms with van der Waals surface area (Å²) in [5, 5.41) is 27.6. The standard InChI is InChI=1S/CH2O3.HNO3.2H3N.H2O4S/c2*2-1(3)4;;;1-5(2,3)4/h(H2,2,3,4);(H,2,3,4);2*1H3;(H2,1,2,3,4). The van der Waals surface area contributed by atoms with Crippen molar-refractivity contribution in [1.29, 1.82) is 0 Å². The maximum absolute atomic E-state index is 8.74. The predicted octanol–water partition coefficient (Wildman–Crippen LogP) is -0.454. The summed E-state index contributed by atoms with van der Waals surface area (Å²) >= 11 is 0. The molecule has 0 radical (unpaired) electrons. The van der Waals surface area contributed by atoms with Crippen molar-refractivity contribution >= 4 is 16.6 Å². The molecule has 0 heterocycles. The van der Waals surface area contributed by atoms with Gasteiger partial charge in [-0.3, -0.25) is 9.11 Å². The molecule has 0 aliphatic carbocycles. The smallest absolute Gasteiger partial charge is 0.450 e. The van der Waals surface area contributed by atoms with Gasteiger partial charge in [-0.05, 0) is 0 Å². The molecule has 0 saturated heterocycles. The van der Waals surface area contributed by atoms with Crippen LogP contribution in [-0.2, 0) is 10.4 Å². The van der Waals surface area contributed by atoms with Crippen molar-refractivity contribution in [2.24, 2.45) is 0 Å². The van der Waals surface area contributed by atoms with Gasteiger partial charge in [0.25, 0.3) is 5.09 Å². The normalized spacial score (nSPS) is 7.07. The van der Waals surface area contributed by atoms with E-state index in [4.69, 9.17) is 47.9 Å². The van der Waals surface area contributed by atoms with Crippen molar-refractivity contribution in [2.75, 3.05) is 0 Å². The SMILES string of the molecule is N.N.O=C(O)O.O=S(=O)(O)O.O=[N+]([O-])O. The van der Waals surface area contributed by atoms with Crippen LogP contribution in [0.3, 0.4) is 0 Å². The summed E-state index contributed by atoms with van der Waals surface area (Å²) in [7, 11) is -4.67. The highest BCUT2D eigenvalue weighted by Gasteiger charge is 1.84. The van der Waals surface area contributed by atoms with Gasteiger partial charge in [0, 0.05) is 0 Å². The lowest BCUT2D eigenvalue weighted by Gasteiger charge is -1.68. The molecule has 0 aliphatic rings. The van der Waals surface area contributed by atoms with Crippen LogP contribution < -0.4 is 12.3 Å². The Kier molecular flexibility index (Phi) is 28.8. The van der Waals surface area contributed by atoms with E-state index >= 15 is 0 Å². The minimum Gasteiger partial charge on any atom is -0.450 e. The van der Waals surface area contributed by atoms with Gasteiger partial charge in [-0.2, -0.15) is 8.42 Å². The Labute approximate surface area is 82.8 Å². The molecular weight excluding hydrogens is 246 g/mol. The number of nitrogens with zero attached hydrogens (tertiary/aromatic N) is 1. The molecule has 13 nitrogen and oxygen atoms in total. The monoisotopic (exact) mass is 257 g/mol. The number of hydrogen-bond donors (Lipinski definition) is 7. The number of carbonyl (C=O) groups is 1. The molecule has 0 unspecified atom stereocenters. The predicted molar refractivity (Wildman–Crippen MR) is 43.7 cm³/mol. The van der Waals surface area contributed by atoms with Crippen molar-refractivity contribution in [3.63, 3.8) is 0 Å². The van der Waals surface area contributed by atoms with Crippen LogP contribution in [0.4, 0.5) is 4.79 Å². The fourth-order valence-corrected chi connectivity index (χ4v) is 0. The lowest BCUT2D eigenvalue weighted by molar-refractivity contribution is -0.742. The zero-order valence-corrected chi connectivity index (χ0v) is 7.86. The molecule has 0 bridgehead atoms. The van der Waals surface area contributed by atoms with Crippen LogP contribution in [0.25, 0.3) is 0 Å². The van der Waals surface area contributed by atoms with E-state index < -0.39 is 21.6 Å². The Balaban J connectivity index is -0.0000000315. The van der Waals surface area contributed by atoms with Crippen molar-refractivity contribution in [3.05, 3.63) is 10.1 Å². The second-order valence-corrected chi connectivity index (χ2v) is 1.86. The minimum atomic E-state index is -4.67. The summed E-state index contributed by atoms with van der Waals surface area (Å²) in [4.78, 5) is 16.9. The van der Waals surface area contributed by atoms with E-state index in [-0.39, 0.29) is 12.3 Å². The van der Waals surface area contributed by atoms with Crippen LogP contribution >= 0.6 is 0 Å². The van der Waals surface area contributed by atoms with Gasteiger partial charge in [0.1, 0.15) is 0 Å². The van der Waals surface area contributed by atoms with E-state index in [0.717, 1.165) is 0 Å². The summed E-state index contributed by atoms with van der Waals surface area (Å²) in [6.07, 6.45) is -1.83. The first kappa shape index (κ1) is 29.2. The lowest BCUT2D eigenvalue weighted by atomic mass is 11.5. The highest BCUT2D eigenvalue weighted by Crippen LogP contribution is 1.59. The van der Waals surface area contributed by atoms with Gasteiger partial charge in [0.15, 0.2) is 0 Å². The van der Waals surface area contributed by atoms with Crippen LogP contribution in [0, 0.1) is 10.1 Å². The van der Waals surface area contributed by atoms with Gasteiger partial charge in [-0.25, -0.2) is 4.79 Å². The van der Waals surface area contributed by atoms with Gasteiger partial charge in [-0.1, -0.05) is 0 Å². The molecule has 0 amide bonds. The highest BCUT2D eigenvalue weighted by molar-refractivity contribution is 7.79. The number of hydrogen-bond acceptors (Lipinski definition) is 7. The van der Waals surface area contributed by atoms with Crippen LogP contribution in [0.5, 0.6) is 0 Å². The second kappa shape index (κ2) is 14.8. The summed E-state index contributed by atoms with van der Waals surface area (Å²) in [5.74, 6) is 0. The molecule has 96 valence electrons. The quantitative estimate of drug-likeness (QED) is 0.165. The number of carboxylic acid groups (broad SMARTS) is 2. The summed E-state index contributed by atoms with van der Waals surface area (Å²) in [5.41, 5.74) is 0. The first-order valence-corrected chi connectivity index (χ1v) is 3.31. The first-order chi connectivity index (χ1) is 5.46. The third-order valence-electron chi connectivity index (χ3n) is 0. The Morgan fingerprint density at radius 1 is 1.13 bits per heavy atom. The van der Waals surface area contributed by atoms with Gasteiger partial charge in [-0.15, -0.1) is 10.1 Å². The van der Waals surface area contributed by atoms with Gasteiger partial charge < -0.3 is 27.7 Å². The Morgan fingerprint density at radius 3 is 1.13 bits per heavy atom. The maximum Gasteiger partial charge on any atom is 0.503 e. The van der Waals surface area contributed by atoms with E-state index in [1.54, 1.807) is 0 Å². The maximum atomic E-state index is 8.74. The highest BCUT2D eigenvalue weighted by atomic mass is 32.3. The summed E-state index contributed by atoms with van der Waals surface area (Å²) in [6, 6.07) is 0. The Bertz CT molecular complexity index is 215. The topological polar surface area (TPSA) is 265 Å². The fraction of sp³-hybridized carbons (Fsp3) is 0. The van der Waals surface area contributed by atoms with E-state index in [9.17, 15) is 0 Å². The zero-order chi connectivity index (χ0) is 11.7. The van der Waals surface area contributed by atoms with Crippen LogP contribution in [0.2, 0.25) is 0 Å². The fourth-order valence-electron chi connectivity index (χ4n) is 0. The summed E-state index contributed by atoms with van der Waals surface area (Å²) < 4.78 is 31.6. The average molecular weight is 257 g/mol. The molecule has 14 heteroatoms. The molecule has 11 N–H and O–H groups in total. The lowest BCUT2D eigenvalue weighted by Crippen LogP contribution is -1.89. The third-order valence-corrected chi connectivity index (χ3v) is 0. The van der Waals surface area contributed by atoms with E-state index in [2.05, 4.69) is 0 Å². The van der Waals surface area contributed by atoms with Gasteiger partial charge in [0.2, 0.25) is 0 Å². The molecule has 0 aromatic carbocycles. The third kappa shape index (κ3) is 426. The molecule has 0 aromatic heterocycles. The van der Waals surface area contributed by atoms with Gasteiger partial charge >= 0.3 is 16.6 Å². The van der Waals surface area contributed by atoms with Crippen LogP contribution in [0.1, 0.15) is 0 Å². The van der Waals surface area contributed by atoms with Crippen molar-refractivity contribution in [2.45, 2.75) is 0 Å². The number of rotatable bonds is 0. The van der Waals surface area contributed by atoms with Crippen LogP contribution in [0.15, 0.2) is 0 Å². The molecular formula is CH11N3O10S. The van der Waals surface area contributed by atoms with Crippen molar-refractivity contribution < 1.29 is 42.8 Å². The summed E-state index contributed by atoms with van der Waals surface area (Å²) in [6.45, 7) is 0. The molecule has 0 aliphatic heterocycles.